The second-order valence-electron chi connectivity index (χ2n) is 5.69. The van der Waals surface area contributed by atoms with Gasteiger partial charge in [-0.05, 0) is 41.8 Å². The van der Waals surface area contributed by atoms with Crippen LogP contribution in [0.1, 0.15) is 39.0 Å². The fourth-order valence-corrected chi connectivity index (χ4v) is 2.47. The molecule has 0 bridgehead atoms. The van der Waals surface area contributed by atoms with Crippen LogP contribution in [0.3, 0.4) is 0 Å². The summed E-state index contributed by atoms with van der Waals surface area (Å²) in [4.78, 5) is 0. The quantitative estimate of drug-likeness (QED) is 0.474. The van der Waals surface area contributed by atoms with Gasteiger partial charge in [-0.25, -0.2) is 0 Å². The first-order valence-electron chi connectivity index (χ1n) is 8.47. The van der Waals surface area contributed by atoms with E-state index in [1.165, 1.54) is 25.7 Å². The molecule has 0 spiro atoms. The Morgan fingerprint density at radius 3 is 1.83 bits per heavy atom. The molecule has 0 saturated carbocycles. The fraction of sp³-hybridized carbons (Fsp3) is 0.400. The lowest BCUT2D eigenvalue weighted by Gasteiger charge is -2.08. The molecule has 0 radical (unpaired) electrons. The van der Waals surface area contributed by atoms with Crippen molar-refractivity contribution in [1.82, 2.24) is 0 Å². The van der Waals surface area contributed by atoms with Crippen LogP contribution in [0.4, 0.5) is 8.78 Å². The minimum Gasteiger partial charge on any atom is -0.494 e. The van der Waals surface area contributed by atoms with Gasteiger partial charge >= 0.3 is 6.61 Å². The zero-order valence-electron chi connectivity index (χ0n) is 14.0. The smallest absolute Gasteiger partial charge is 0.387 e. The molecule has 0 aliphatic carbocycles. The van der Waals surface area contributed by atoms with Crippen molar-refractivity contribution in [3.05, 3.63) is 48.5 Å². The van der Waals surface area contributed by atoms with Crippen molar-refractivity contribution >= 4 is 0 Å². The first kappa shape index (κ1) is 18.2. The van der Waals surface area contributed by atoms with Crippen LogP contribution in [0.5, 0.6) is 11.5 Å². The monoisotopic (exact) mass is 334 g/mol. The molecular formula is C20H24F2O2. The number of rotatable bonds is 10. The van der Waals surface area contributed by atoms with Crippen molar-refractivity contribution in [2.75, 3.05) is 6.61 Å². The molecule has 2 rings (SSSR count). The van der Waals surface area contributed by atoms with Crippen LogP contribution in [-0.2, 0) is 0 Å². The number of unbranched alkanes of at least 4 members (excludes halogenated alkanes) is 4. The van der Waals surface area contributed by atoms with Crippen molar-refractivity contribution < 1.29 is 18.3 Å². The molecule has 0 unspecified atom stereocenters. The number of hydrogen-bond acceptors (Lipinski definition) is 2. The van der Waals surface area contributed by atoms with Gasteiger partial charge in [-0.1, -0.05) is 56.9 Å². The summed E-state index contributed by atoms with van der Waals surface area (Å²) in [6.07, 6.45) is 6.09. The number of benzene rings is 2. The van der Waals surface area contributed by atoms with Crippen molar-refractivity contribution in [2.45, 2.75) is 45.6 Å². The first-order valence-corrected chi connectivity index (χ1v) is 8.47. The number of ether oxygens (including phenoxy) is 2. The summed E-state index contributed by atoms with van der Waals surface area (Å²) in [5.41, 5.74) is 1.96. The molecule has 2 nitrogen and oxygen atoms in total. The summed E-state index contributed by atoms with van der Waals surface area (Å²) in [7, 11) is 0. The number of alkyl halides is 2. The van der Waals surface area contributed by atoms with E-state index >= 15 is 0 Å². The van der Waals surface area contributed by atoms with Crippen LogP contribution in [0.25, 0.3) is 11.1 Å². The van der Waals surface area contributed by atoms with Crippen molar-refractivity contribution in [2.24, 2.45) is 0 Å². The van der Waals surface area contributed by atoms with Crippen LogP contribution in [0.2, 0.25) is 0 Å². The zero-order valence-corrected chi connectivity index (χ0v) is 14.0. The van der Waals surface area contributed by atoms with E-state index in [0.29, 0.717) is 0 Å². The fourth-order valence-electron chi connectivity index (χ4n) is 2.47. The second kappa shape index (κ2) is 9.91. The zero-order chi connectivity index (χ0) is 17.2. The lowest BCUT2D eigenvalue weighted by Crippen LogP contribution is -2.01. The normalized spacial score (nSPS) is 10.8. The van der Waals surface area contributed by atoms with Gasteiger partial charge in [0.15, 0.2) is 0 Å². The lowest BCUT2D eigenvalue weighted by atomic mass is 10.1. The third kappa shape index (κ3) is 6.19. The molecule has 0 aliphatic rings. The number of halogens is 2. The van der Waals surface area contributed by atoms with Crippen molar-refractivity contribution in [1.29, 1.82) is 0 Å². The molecule has 0 heterocycles. The molecule has 2 aromatic carbocycles. The molecule has 0 fully saturated rings. The molecule has 0 atom stereocenters. The van der Waals surface area contributed by atoms with E-state index in [2.05, 4.69) is 11.7 Å². The van der Waals surface area contributed by atoms with Crippen LogP contribution in [0, 0.1) is 0 Å². The minimum atomic E-state index is -2.80. The molecule has 24 heavy (non-hydrogen) atoms. The molecule has 0 aliphatic heterocycles. The maximum Gasteiger partial charge on any atom is 0.387 e. The van der Waals surface area contributed by atoms with Crippen molar-refractivity contribution in [3.8, 4) is 22.6 Å². The topological polar surface area (TPSA) is 18.5 Å². The van der Waals surface area contributed by atoms with Gasteiger partial charge in [0.05, 0.1) is 6.61 Å². The average molecular weight is 334 g/mol. The predicted molar refractivity (Wildman–Crippen MR) is 92.8 cm³/mol. The van der Waals surface area contributed by atoms with E-state index in [0.717, 1.165) is 29.9 Å². The van der Waals surface area contributed by atoms with Crippen molar-refractivity contribution in [3.63, 3.8) is 0 Å². The Balaban J connectivity index is 1.83. The largest absolute Gasteiger partial charge is 0.494 e. The van der Waals surface area contributed by atoms with E-state index in [9.17, 15) is 8.78 Å². The van der Waals surface area contributed by atoms with Gasteiger partial charge in [-0.3, -0.25) is 0 Å². The van der Waals surface area contributed by atoms with E-state index in [1.54, 1.807) is 24.3 Å². The van der Waals surface area contributed by atoms with E-state index in [1.807, 2.05) is 24.3 Å². The van der Waals surface area contributed by atoms with Gasteiger partial charge in [-0.15, -0.1) is 0 Å². The summed E-state index contributed by atoms with van der Waals surface area (Å²) in [5, 5.41) is 0. The molecule has 2 aromatic rings. The van der Waals surface area contributed by atoms with Crippen LogP contribution >= 0.6 is 0 Å². The number of hydrogen-bond donors (Lipinski definition) is 0. The second-order valence-corrected chi connectivity index (χ2v) is 5.69. The van der Waals surface area contributed by atoms with Crippen LogP contribution in [0.15, 0.2) is 48.5 Å². The molecule has 0 saturated heterocycles. The van der Waals surface area contributed by atoms with Crippen LogP contribution in [-0.4, -0.2) is 13.2 Å². The van der Waals surface area contributed by atoms with E-state index in [4.69, 9.17) is 4.74 Å². The third-order valence-corrected chi connectivity index (χ3v) is 3.78. The molecule has 0 N–H and O–H groups in total. The van der Waals surface area contributed by atoms with Gasteiger partial charge in [0.25, 0.3) is 0 Å². The minimum absolute atomic E-state index is 0.164. The summed E-state index contributed by atoms with van der Waals surface area (Å²) in [6, 6.07) is 14.4. The molecule has 0 aromatic heterocycles. The van der Waals surface area contributed by atoms with Gasteiger partial charge in [0.2, 0.25) is 0 Å². The Morgan fingerprint density at radius 1 is 0.750 bits per heavy atom. The predicted octanol–water partition coefficient (Wildman–Crippen LogP) is 6.30. The summed E-state index contributed by atoms with van der Waals surface area (Å²) in [6.45, 7) is 0.148. The Hall–Kier alpha value is -2.10. The van der Waals surface area contributed by atoms with Gasteiger partial charge < -0.3 is 9.47 Å². The van der Waals surface area contributed by atoms with E-state index in [-0.39, 0.29) is 5.75 Å². The first-order chi connectivity index (χ1) is 11.7. The van der Waals surface area contributed by atoms with Gasteiger partial charge in [0, 0.05) is 0 Å². The maximum absolute atomic E-state index is 12.1. The summed E-state index contributed by atoms with van der Waals surface area (Å²) in [5.74, 6) is 1.02. The van der Waals surface area contributed by atoms with Gasteiger partial charge in [-0.2, -0.15) is 8.78 Å². The lowest BCUT2D eigenvalue weighted by molar-refractivity contribution is -0.0498. The Bertz CT molecular complexity index is 580. The molecule has 4 heteroatoms. The Kier molecular flexibility index (Phi) is 7.53. The van der Waals surface area contributed by atoms with E-state index < -0.39 is 6.61 Å². The third-order valence-electron chi connectivity index (χ3n) is 3.78. The molecule has 0 amide bonds. The molecule has 130 valence electrons. The summed E-state index contributed by atoms with van der Waals surface area (Å²) >= 11 is 0. The maximum atomic E-state index is 12.1. The Labute approximate surface area is 142 Å². The van der Waals surface area contributed by atoms with Crippen LogP contribution < -0.4 is 9.47 Å². The summed E-state index contributed by atoms with van der Waals surface area (Å²) < 4.78 is 34.4. The molecular weight excluding hydrogens is 310 g/mol. The Morgan fingerprint density at radius 2 is 1.29 bits per heavy atom. The highest BCUT2D eigenvalue weighted by atomic mass is 19.3. The highest BCUT2D eigenvalue weighted by Crippen LogP contribution is 2.25. The SMILES string of the molecule is CCCCCCCOc1ccc(-c2ccc(OC(F)F)cc2)cc1. The highest BCUT2D eigenvalue weighted by molar-refractivity contribution is 5.64. The highest BCUT2D eigenvalue weighted by Gasteiger charge is 2.04. The van der Waals surface area contributed by atoms with Gasteiger partial charge in [0.1, 0.15) is 11.5 Å². The standard InChI is InChI=1S/C20H24F2O2/c1-2-3-4-5-6-15-23-18-11-7-16(8-12-18)17-9-13-19(14-10-17)24-20(21)22/h7-14,20H,2-6,15H2,1H3. The average Bonchev–Trinajstić information content (AvgIpc) is 2.59.